The molecule has 90 valence electrons. The van der Waals surface area contributed by atoms with Crippen molar-refractivity contribution in [3.05, 3.63) is 36.4 Å². The molecule has 0 saturated carbocycles. The molecular formula is C13H18N4. The largest absolute Gasteiger partial charge is 0.355 e. The van der Waals surface area contributed by atoms with Gasteiger partial charge in [0.1, 0.15) is 0 Å². The molecule has 0 radical (unpaired) electrons. The first kappa shape index (κ1) is 11.6. The average molecular weight is 230 g/mol. The van der Waals surface area contributed by atoms with Crippen molar-refractivity contribution in [1.29, 1.82) is 0 Å². The summed E-state index contributed by atoms with van der Waals surface area (Å²) in [5.74, 6) is 1.46. The molecule has 2 aromatic rings. The smallest absolute Gasteiger partial charge is 0.207 e. The van der Waals surface area contributed by atoms with E-state index in [1.54, 1.807) is 12.4 Å². The topological polar surface area (TPSA) is 42.7 Å². The van der Waals surface area contributed by atoms with Gasteiger partial charge in [-0.25, -0.2) is 4.98 Å². The Morgan fingerprint density at radius 2 is 2.12 bits per heavy atom. The lowest BCUT2D eigenvalue weighted by molar-refractivity contribution is 0.683. The van der Waals surface area contributed by atoms with Crippen LogP contribution >= 0.6 is 0 Å². The number of nitrogens with one attached hydrogen (secondary N) is 1. The molecule has 0 aliphatic rings. The lowest BCUT2D eigenvalue weighted by Crippen LogP contribution is -2.12. The van der Waals surface area contributed by atoms with E-state index in [0.29, 0.717) is 5.92 Å². The maximum atomic E-state index is 4.33. The first-order chi connectivity index (χ1) is 8.18. The molecule has 0 aliphatic carbocycles. The lowest BCUT2D eigenvalue weighted by Gasteiger charge is -2.12. The second-order valence-corrected chi connectivity index (χ2v) is 4.50. The second-order valence-electron chi connectivity index (χ2n) is 4.50. The molecule has 2 heterocycles. The van der Waals surface area contributed by atoms with Crippen molar-refractivity contribution in [3.63, 3.8) is 0 Å². The quantitative estimate of drug-likeness (QED) is 0.878. The molecule has 4 nitrogen and oxygen atoms in total. The van der Waals surface area contributed by atoms with E-state index < -0.39 is 0 Å². The maximum absolute atomic E-state index is 4.33. The molecule has 0 fully saturated rings. The van der Waals surface area contributed by atoms with E-state index in [4.69, 9.17) is 0 Å². The van der Waals surface area contributed by atoms with Crippen molar-refractivity contribution in [3.8, 4) is 5.69 Å². The van der Waals surface area contributed by atoms with Crippen LogP contribution in [0.4, 0.5) is 5.95 Å². The van der Waals surface area contributed by atoms with Gasteiger partial charge in [0.25, 0.3) is 0 Å². The SMILES string of the molecule is Cc1ncccc1-n1ccnc1NCC(C)C. The summed E-state index contributed by atoms with van der Waals surface area (Å²) in [7, 11) is 0. The molecule has 1 N–H and O–H groups in total. The number of rotatable bonds is 4. The van der Waals surface area contributed by atoms with Gasteiger partial charge in [-0.2, -0.15) is 0 Å². The Hall–Kier alpha value is -1.84. The third kappa shape index (κ3) is 2.64. The van der Waals surface area contributed by atoms with E-state index >= 15 is 0 Å². The number of anilines is 1. The number of nitrogens with zero attached hydrogens (tertiary/aromatic N) is 3. The van der Waals surface area contributed by atoms with Crippen molar-refractivity contribution >= 4 is 5.95 Å². The zero-order valence-corrected chi connectivity index (χ0v) is 10.5. The van der Waals surface area contributed by atoms with Gasteiger partial charge in [0.05, 0.1) is 11.4 Å². The Balaban J connectivity index is 2.28. The van der Waals surface area contributed by atoms with Crippen molar-refractivity contribution in [1.82, 2.24) is 14.5 Å². The number of aryl methyl sites for hydroxylation is 1. The summed E-state index contributed by atoms with van der Waals surface area (Å²) in [6.45, 7) is 7.27. The van der Waals surface area contributed by atoms with Gasteiger partial charge in [-0.15, -0.1) is 0 Å². The molecule has 2 aromatic heterocycles. The van der Waals surface area contributed by atoms with Gasteiger partial charge in [-0.1, -0.05) is 13.8 Å². The van der Waals surface area contributed by atoms with Crippen LogP contribution in [0.1, 0.15) is 19.5 Å². The predicted octanol–water partition coefficient (Wildman–Crippen LogP) is 2.64. The standard InChI is InChI=1S/C13H18N4/c1-10(2)9-16-13-15-7-8-17(13)12-5-4-6-14-11(12)3/h4-8,10H,9H2,1-3H3,(H,15,16). The van der Waals surface area contributed by atoms with Crippen LogP contribution in [0.5, 0.6) is 0 Å². The van der Waals surface area contributed by atoms with Crippen molar-refractivity contribution in [2.45, 2.75) is 20.8 Å². The average Bonchev–Trinajstić information content (AvgIpc) is 2.75. The summed E-state index contributed by atoms with van der Waals surface area (Å²) in [6.07, 6.45) is 5.55. The number of aromatic nitrogens is 3. The van der Waals surface area contributed by atoms with E-state index in [9.17, 15) is 0 Å². The van der Waals surface area contributed by atoms with E-state index in [2.05, 4.69) is 29.1 Å². The molecule has 0 saturated heterocycles. The van der Waals surface area contributed by atoms with Gasteiger partial charge < -0.3 is 5.32 Å². The number of pyridine rings is 1. The molecule has 17 heavy (non-hydrogen) atoms. The minimum Gasteiger partial charge on any atom is -0.355 e. The maximum Gasteiger partial charge on any atom is 0.207 e. The molecule has 0 amide bonds. The van der Waals surface area contributed by atoms with Crippen LogP contribution in [0.3, 0.4) is 0 Å². The highest BCUT2D eigenvalue weighted by Gasteiger charge is 2.07. The molecule has 0 aromatic carbocycles. The summed E-state index contributed by atoms with van der Waals surface area (Å²) in [6, 6.07) is 3.99. The van der Waals surface area contributed by atoms with Crippen molar-refractivity contribution in [2.24, 2.45) is 5.92 Å². The molecular weight excluding hydrogens is 212 g/mol. The van der Waals surface area contributed by atoms with Gasteiger partial charge in [-0.3, -0.25) is 9.55 Å². The summed E-state index contributed by atoms with van der Waals surface area (Å²) < 4.78 is 2.03. The number of hydrogen-bond acceptors (Lipinski definition) is 3. The normalized spacial score (nSPS) is 10.8. The Morgan fingerprint density at radius 1 is 1.29 bits per heavy atom. The van der Waals surface area contributed by atoms with Gasteiger partial charge >= 0.3 is 0 Å². The fourth-order valence-electron chi connectivity index (χ4n) is 1.65. The summed E-state index contributed by atoms with van der Waals surface area (Å²) in [5.41, 5.74) is 2.06. The first-order valence-electron chi connectivity index (χ1n) is 5.87. The molecule has 0 unspecified atom stereocenters. The third-order valence-electron chi connectivity index (χ3n) is 2.55. The Morgan fingerprint density at radius 3 is 2.82 bits per heavy atom. The van der Waals surface area contributed by atoms with Crippen LogP contribution in [-0.2, 0) is 0 Å². The van der Waals surface area contributed by atoms with E-state index in [-0.39, 0.29) is 0 Å². The van der Waals surface area contributed by atoms with Crippen LogP contribution in [0, 0.1) is 12.8 Å². The lowest BCUT2D eigenvalue weighted by atomic mass is 10.2. The van der Waals surface area contributed by atoms with Crippen molar-refractivity contribution in [2.75, 3.05) is 11.9 Å². The molecule has 0 spiro atoms. The van der Waals surface area contributed by atoms with Gasteiger partial charge in [-0.05, 0) is 25.0 Å². The Kier molecular flexibility index (Phi) is 3.42. The summed E-state index contributed by atoms with van der Waals surface area (Å²) >= 11 is 0. The fourth-order valence-corrected chi connectivity index (χ4v) is 1.65. The Bertz CT molecular complexity index is 488. The number of imidazole rings is 1. The minimum absolute atomic E-state index is 0.593. The Labute approximate surface area is 102 Å². The molecule has 0 bridgehead atoms. The minimum atomic E-state index is 0.593. The third-order valence-corrected chi connectivity index (χ3v) is 2.55. The van der Waals surface area contributed by atoms with Crippen LogP contribution in [0.25, 0.3) is 5.69 Å². The van der Waals surface area contributed by atoms with Gasteiger partial charge in [0, 0.05) is 25.1 Å². The number of hydrogen-bond donors (Lipinski definition) is 1. The highest BCUT2D eigenvalue weighted by Crippen LogP contribution is 2.16. The monoisotopic (exact) mass is 230 g/mol. The molecule has 0 atom stereocenters. The molecule has 4 heteroatoms. The summed E-state index contributed by atoms with van der Waals surface area (Å²) in [4.78, 5) is 8.62. The van der Waals surface area contributed by atoms with Gasteiger partial charge in [0.2, 0.25) is 5.95 Å². The van der Waals surface area contributed by atoms with E-state index in [0.717, 1.165) is 23.9 Å². The van der Waals surface area contributed by atoms with E-state index in [1.807, 2.05) is 29.8 Å². The van der Waals surface area contributed by atoms with Crippen LogP contribution in [-0.4, -0.2) is 21.1 Å². The zero-order chi connectivity index (χ0) is 12.3. The summed E-state index contributed by atoms with van der Waals surface area (Å²) in [5, 5.41) is 3.34. The zero-order valence-electron chi connectivity index (χ0n) is 10.5. The molecule has 2 rings (SSSR count). The van der Waals surface area contributed by atoms with E-state index in [1.165, 1.54) is 0 Å². The van der Waals surface area contributed by atoms with Gasteiger partial charge in [0.15, 0.2) is 0 Å². The highest BCUT2D eigenvalue weighted by atomic mass is 15.2. The second kappa shape index (κ2) is 4.99. The highest BCUT2D eigenvalue weighted by molar-refractivity contribution is 5.43. The van der Waals surface area contributed by atoms with Crippen LogP contribution < -0.4 is 5.32 Å². The van der Waals surface area contributed by atoms with Crippen LogP contribution in [0.15, 0.2) is 30.7 Å². The van der Waals surface area contributed by atoms with Crippen molar-refractivity contribution < 1.29 is 0 Å². The molecule has 0 aliphatic heterocycles. The fraction of sp³-hybridized carbons (Fsp3) is 0.385. The first-order valence-corrected chi connectivity index (χ1v) is 5.87. The van der Waals surface area contributed by atoms with Crippen LogP contribution in [0.2, 0.25) is 0 Å². The predicted molar refractivity (Wildman–Crippen MR) is 69.4 cm³/mol.